The Morgan fingerprint density at radius 2 is 1.91 bits per heavy atom. The minimum absolute atomic E-state index is 0.0937. The molecule has 2 aromatic heterocycles. The summed E-state index contributed by atoms with van der Waals surface area (Å²) >= 11 is 0. The molecule has 6 rings (SSSR count). The molecule has 0 amide bonds. The first-order valence-electron chi connectivity index (χ1n) is 11.9. The van der Waals surface area contributed by atoms with Crippen LogP contribution >= 0.6 is 0 Å². The fourth-order valence-corrected chi connectivity index (χ4v) is 5.15. The van der Waals surface area contributed by atoms with Gasteiger partial charge in [-0.15, -0.1) is 0 Å². The second-order valence-electron chi connectivity index (χ2n) is 8.95. The molecule has 0 radical (unpaired) electrons. The molecule has 3 aliphatic heterocycles. The van der Waals surface area contributed by atoms with E-state index in [0.29, 0.717) is 37.7 Å². The number of hydrogen-bond acceptors (Lipinski definition) is 7. The molecule has 1 atom stereocenters. The Kier molecular flexibility index (Phi) is 5.30. The van der Waals surface area contributed by atoms with Crippen molar-refractivity contribution in [1.82, 2.24) is 19.6 Å². The van der Waals surface area contributed by atoms with Gasteiger partial charge in [0.1, 0.15) is 22.8 Å². The van der Waals surface area contributed by atoms with Crippen LogP contribution in [0.4, 0.5) is 5.69 Å². The quantitative estimate of drug-likeness (QED) is 0.605. The molecule has 1 unspecified atom stereocenters. The Hall–Kier alpha value is -2.91. The summed E-state index contributed by atoms with van der Waals surface area (Å²) in [6, 6.07) is 6.03. The summed E-state index contributed by atoms with van der Waals surface area (Å²) in [5.74, 6) is 0.914. The van der Waals surface area contributed by atoms with E-state index in [0.717, 1.165) is 67.7 Å². The van der Waals surface area contributed by atoms with E-state index in [1.165, 1.54) is 10.2 Å². The highest BCUT2D eigenvalue weighted by Crippen LogP contribution is 2.39. The number of fused-ring (bicyclic) bond motifs is 3. The first-order valence-corrected chi connectivity index (χ1v) is 11.9. The molecule has 1 aromatic carbocycles. The summed E-state index contributed by atoms with van der Waals surface area (Å²) in [4.78, 5) is 15.0. The van der Waals surface area contributed by atoms with Crippen LogP contribution in [0.3, 0.4) is 0 Å². The molecule has 33 heavy (non-hydrogen) atoms. The molecular formula is C24H29N5O4. The van der Waals surface area contributed by atoms with Crippen LogP contribution in [0.5, 0.6) is 5.75 Å². The summed E-state index contributed by atoms with van der Waals surface area (Å²) in [5.41, 5.74) is 4.21. The number of rotatable bonds is 3. The molecule has 3 aromatic rings. The normalized spacial score (nSPS) is 21.1. The van der Waals surface area contributed by atoms with Crippen LogP contribution in [-0.4, -0.2) is 59.1 Å². The van der Waals surface area contributed by atoms with E-state index in [4.69, 9.17) is 19.3 Å². The zero-order valence-electron chi connectivity index (χ0n) is 19.0. The highest BCUT2D eigenvalue weighted by atomic mass is 16.5. The second-order valence-corrected chi connectivity index (χ2v) is 8.95. The Bertz CT molecular complexity index is 1240. The summed E-state index contributed by atoms with van der Waals surface area (Å²) < 4.78 is 21.0. The van der Waals surface area contributed by atoms with E-state index < -0.39 is 0 Å². The van der Waals surface area contributed by atoms with Gasteiger partial charge in [-0.2, -0.15) is 10.2 Å². The van der Waals surface area contributed by atoms with Gasteiger partial charge in [0.15, 0.2) is 6.23 Å². The smallest absolute Gasteiger partial charge is 0.290 e. The average molecular weight is 452 g/mol. The molecular weight excluding hydrogens is 422 g/mol. The van der Waals surface area contributed by atoms with Gasteiger partial charge in [0.25, 0.3) is 5.56 Å². The van der Waals surface area contributed by atoms with Crippen molar-refractivity contribution in [2.75, 3.05) is 44.4 Å². The van der Waals surface area contributed by atoms with Gasteiger partial charge in [-0.05, 0) is 50.3 Å². The number of benzene rings is 1. The van der Waals surface area contributed by atoms with Gasteiger partial charge >= 0.3 is 0 Å². The molecule has 2 fully saturated rings. The maximum Gasteiger partial charge on any atom is 0.290 e. The lowest BCUT2D eigenvalue weighted by Crippen LogP contribution is -2.40. The second kappa shape index (κ2) is 8.46. The third-order valence-electron chi connectivity index (χ3n) is 6.83. The fourth-order valence-electron chi connectivity index (χ4n) is 5.15. The molecule has 3 aliphatic rings. The van der Waals surface area contributed by atoms with E-state index >= 15 is 0 Å². The van der Waals surface area contributed by atoms with Crippen molar-refractivity contribution in [2.45, 2.75) is 38.3 Å². The Morgan fingerprint density at radius 1 is 1.03 bits per heavy atom. The summed E-state index contributed by atoms with van der Waals surface area (Å²) in [5, 5.41) is 10.8. The predicted octanol–water partition coefficient (Wildman–Crippen LogP) is 2.66. The van der Waals surface area contributed by atoms with E-state index in [2.05, 4.69) is 22.1 Å². The molecule has 5 heterocycles. The number of nitrogens with zero attached hydrogens (tertiary/aromatic N) is 5. The standard InChI is InChI=1S/C24H29N5O4/c1-27-24(30)19(28-9-13-31-14-10-28)15-17(25-27)23-22-16-5-4-12-32-20(16)8-7-18(22)29(26-23)21-6-2-3-11-33-21/h7-8,15,21H,2-6,9-14H2,1H3. The van der Waals surface area contributed by atoms with E-state index in [9.17, 15) is 4.79 Å². The Balaban J connectivity index is 1.56. The average Bonchev–Trinajstić information content (AvgIpc) is 3.27. The lowest BCUT2D eigenvalue weighted by Gasteiger charge is -2.28. The van der Waals surface area contributed by atoms with E-state index in [1.807, 2.05) is 10.7 Å². The summed E-state index contributed by atoms with van der Waals surface area (Å²) in [6.45, 7) is 4.08. The fraction of sp³-hybridized carbons (Fsp3) is 0.542. The number of hydrogen-bond donors (Lipinski definition) is 0. The van der Waals surface area contributed by atoms with Crippen molar-refractivity contribution in [3.8, 4) is 17.1 Å². The molecule has 2 saturated heterocycles. The topological polar surface area (TPSA) is 83.6 Å². The van der Waals surface area contributed by atoms with Gasteiger partial charge in [-0.1, -0.05) is 0 Å². The lowest BCUT2D eigenvalue weighted by molar-refractivity contribution is -0.0365. The van der Waals surface area contributed by atoms with Crippen LogP contribution in [0, 0.1) is 0 Å². The van der Waals surface area contributed by atoms with E-state index in [-0.39, 0.29) is 11.8 Å². The lowest BCUT2D eigenvalue weighted by atomic mass is 9.99. The van der Waals surface area contributed by atoms with Crippen LogP contribution in [0.25, 0.3) is 22.3 Å². The minimum Gasteiger partial charge on any atom is -0.493 e. The molecule has 0 aliphatic carbocycles. The van der Waals surface area contributed by atoms with Crippen molar-refractivity contribution in [3.63, 3.8) is 0 Å². The van der Waals surface area contributed by atoms with Gasteiger partial charge in [-0.25, -0.2) is 9.36 Å². The predicted molar refractivity (Wildman–Crippen MR) is 124 cm³/mol. The highest BCUT2D eigenvalue weighted by molar-refractivity contribution is 5.97. The third kappa shape index (κ3) is 3.59. The maximum atomic E-state index is 13.0. The van der Waals surface area contributed by atoms with Gasteiger partial charge < -0.3 is 19.1 Å². The zero-order valence-corrected chi connectivity index (χ0v) is 19.0. The number of ether oxygens (including phenoxy) is 3. The molecule has 9 heteroatoms. The van der Waals surface area contributed by atoms with Crippen LogP contribution < -0.4 is 15.2 Å². The van der Waals surface area contributed by atoms with Crippen molar-refractivity contribution in [2.24, 2.45) is 7.05 Å². The van der Waals surface area contributed by atoms with Crippen LogP contribution in [0.1, 0.15) is 37.5 Å². The molecule has 0 saturated carbocycles. The first kappa shape index (κ1) is 20.7. The van der Waals surface area contributed by atoms with Crippen LogP contribution in [0.2, 0.25) is 0 Å². The highest BCUT2D eigenvalue weighted by Gasteiger charge is 2.27. The maximum absolute atomic E-state index is 13.0. The SMILES string of the molecule is Cn1nc(-c2nn(C3CCCCO3)c3ccc4c(c23)CCCO4)cc(N2CCOCC2)c1=O. The molecule has 0 bridgehead atoms. The molecule has 174 valence electrons. The van der Waals surface area contributed by atoms with Gasteiger partial charge in [0.2, 0.25) is 0 Å². The number of morpholine rings is 1. The monoisotopic (exact) mass is 451 g/mol. The van der Waals surface area contributed by atoms with Crippen molar-refractivity contribution in [3.05, 3.63) is 34.1 Å². The third-order valence-corrected chi connectivity index (χ3v) is 6.83. The molecule has 9 nitrogen and oxygen atoms in total. The molecule has 0 N–H and O–H groups in total. The van der Waals surface area contributed by atoms with E-state index in [1.54, 1.807) is 7.05 Å². The summed E-state index contributed by atoms with van der Waals surface area (Å²) in [6.07, 6.45) is 4.94. The minimum atomic E-state index is -0.106. The van der Waals surface area contributed by atoms with Gasteiger partial charge in [-0.3, -0.25) is 4.79 Å². The first-order chi connectivity index (χ1) is 16.2. The molecule has 0 spiro atoms. The Morgan fingerprint density at radius 3 is 2.73 bits per heavy atom. The van der Waals surface area contributed by atoms with Crippen molar-refractivity contribution < 1.29 is 14.2 Å². The largest absolute Gasteiger partial charge is 0.493 e. The van der Waals surface area contributed by atoms with Gasteiger partial charge in [0.05, 0.1) is 25.3 Å². The number of anilines is 1. The zero-order chi connectivity index (χ0) is 22.4. The van der Waals surface area contributed by atoms with Crippen LogP contribution in [0.15, 0.2) is 23.0 Å². The summed E-state index contributed by atoms with van der Waals surface area (Å²) in [7, 11) is 1.71. The number of aryl methyl sites for hydroxylation is 2. The van der Waals surface area contributed by atoms with Crippen molar-refractivity contribution in [1.29, 1.82) is 0 Å². The van der Waals surface area contributed by atoms with Gasteiger partial charge in [0, 0.05) is 37.7 Å². The van der Waals surface area contributed by atoms with Crippen molar-refractivity contribution >= 4 is 16.6 Å². The van der Waals surface area contributed by atoms with Crippen LogP contribution in [-0.2, 0) is 22.9 Å². The Labute approximate surface area is 191 Å². The number of aromatic nitrogens is 4.